The number of rotatable bonds is 2. The predicted octanol–water partition coefficient (Wildman–Crippen LogP) is 19.5. The van der Waals surface area contributed by atoms with Gasteiger partial charge in [-0.1, -0.05) is 252 Å². The summed E-state index contributed by atoms with van der Waals surface area (Å²) >= 11 is 0. The van der Waals surface area contributed by atoms with Crippen molar-refractivity contribution in [2.45, 2.75) is 253 Å². The van der Waals surface area contributed by atoms with Gasteiger partial charge in [-0.3, -0.25) is 0 Å². The van der Waals surface area contributed by atoms with Crippen LogP contribution in [0.25, 0.3) is 0 Å². The van der Waals surface area contributed by atoms with Crippen molar-refractivity contribution in [2.24, 2.45) is 40.9 Å². The quantitative estimate of drug-likeness (QED) is 0.246. The first-order valence-corrected chi connectivity index (χ1v) is 21.9. The molecule has 2 rings (SSSR count). The number of hydrogen-bond acceptors (Lipinski definition) is 0. The molecule has 0 heterocycles. The van der Waals surface area contributed by atoms with E-state index in [1.165, 1.54) is 44.9 Å². The second kappa shape index (κ2) is 97.1. The molecule has 0 N–H and O–H groups in total. The summed E-state index contributed by atoms with van der Waals surface area (Å²) in [5.41, 5.74) is 0.373. The van der Waals surface area contributed by atoms with Crippen LogP contribution in [0.15, 0.2) is 0 Å². The van der Waals surface area contributed by atoms with E-state index in [-0.39, 0.29) is 32.7 Å². The molecule has 0 aromatic carbocycles. The van der Waals surface area contributed by atoms with E-state index in [2.05, 4.69) is 55.4 Å². The number of hydrogen-bond donors (Lipinski definition) is 0. The standard InChI is InChI=1S/C14H26.C8H16.12C2H6.Y/c1-10(2)14(11(3)4)12(5)8-7-9-13(14)6;1-7-4-3-5-8(2)6-7;12*1-2;/h10-13H,1,3,7-9H2,2,4-6H3;7-8H,3-6H2,1-2H3;12*1-2H3;/q-2;;;;;;;;;;;;;;/t10-,11+,12-,13+,14?;7-,8+;;;;;;;;;;;;;. The van der Waals surface area contributed by atoms with Gasteiger partial charge in [0.15, 0.2) is 0 Å². The van der Waals surface area contributed by atoms with Crippen LogP contribution in [0.4, 0.5) is 0 Å². The van der Waals surface area contributed by atoms with E-state index >= 15 is 0 Å². The van der Waals surface area contributed by atoms with Crippen molar-refractivity contribution in [1.82, 2.24) is 0 Å². The average Bonchev–Trinajstić information content (AvgIpc) is 3.15. The van der Waals surface area contributed by atoms with E-state index in [1.54, 1.807) is 0 Å². The summed E-state index contributed by atoms with van der Waals surface area (Å²) in [4.78, 5) is 0. The SMILES string of the molecule is CC.CC.CC.CC.CC.CC.CC.CC.CC.CC.CC.CC.C[C@@H]1CCC[C@H](C)C1.[CH2-][C@H](C)C1([C@@H]([CH2-])C)[C@H](C)CCC[C@@H]1C.[Y]. The molecule has 0 amide bonds. The van der Waals surface area contributed by atoms with Crippen LogP contribution in [-0.2, 0) is 32.7 Å². The van der Waals surface area contributed by atoms with Crippen LogP contribution in [0.3, 0.4) is 0 Å². The van der Waals surface area contributed by atoms with Gasteiger partial charge in [0.05, 0.1) is 0 Å². The van der Waals surface area contributed by atoms with Crippen LogP contribution in [0, 0.1) is 54.8 Å². The zero-order chi connectivity index (χ0) is 40.9. The van der Waals surface area contributed by atoms with Crippen LogP contribution < -0.4 is 0 Å². The van der Waals surface area contributed by atoms with Gasteiger partial charge >= 0.3 is 0 Å². The fourth-order valence-electron chi connectivity index (χ4n) is 5.88. The molecule has 303 valence electrons. The fourth-order valence-corrected chi connectivity index (χ4v) is 5.88. The zero-order valence-corrected chi connectivity index (χ0v) is 43.7. The maximum atomic E-state index is 4.32. The van der Waals surface area contributed by atoms with Gasteiger partial charge in [0, 0.05) is 32.7 Å². The first-order chi connectivity index (χ1) is 22.2. The van der Waals surface area contributed by atoms with Crippen LogP contribution >= 0.6 is 0 Å². The van der Waals surface area contributed by atoms with E-state index in [1.807, 2.05) is 166 Å². The molecule has 0 aromatic heterocycles. The normalized spacial score (nSPS) is 21.2. The Morgan fingerprint density at radius 1 is 0.383 bits per heavy atom. The second-order valence-electron chi connectivity index (χ2n) is 8.91. The second-order valence-corrected chi connectivity index (χ2v) is 8.91. The first kappa shape index (κ1) is 86.6. The van der Waals surface area contributed by atoms with Crippen LogP contribution in [-0.4, -0.2) is 0 Å². The van der Waals surface area contributed by atoms with Crippen molar-refractivity contribution >= 4 is 0 Å². The molecule has 0 nitrogen and oxygen atoms in total. The summed E-state index contributed by atoms with van der Waals surface area (Å²) in [5, 5.41) is 0. The summed E-state index contributed by atoms with van der Waals surface area (Å²) in [6, 6.07) is 0. The molecular formula is C46H114Y-2. The maximum Gasteiger partial charge on any atom is 0 e. The third-order valence-electron chi connectivity index (χ3n) is 6.89. The minimum absolute atomic E-state index is 0. The molecule has 1 radical (unpaired) electrons. The molecule has 2 fully saturated rings. The third kappa shape index (κ3) is 56.7. The molecular weight excluding hydrogens is 641 g/mol. The predicted molar refractivity (Wildman–Crippen MR) is 237 cm³/mol. The third-order valence-corrected chi connectivity index (χ3v) is 6.89. The molecule has 2 saturated carbocycles. The summed E-state index contributed by atoms with van der Waals surface area (Å²) in [6.45, 7) is 70.7. The van der Waals surface area contributed by atoms with E-state index in [4.69, 9.17) is 0 Å². The van der Waals surface area contributed by atoms with Crippen molar-refractivity contribution < 1.29 is 32.7 Å². The average molecular weight is 756 g/mol. The molecule has 0 spiro atoms. The Morgan fingerprint density at radius 3 is 0.660 bits per heavy atom. The molecule has 0 bridgehead atoms. The van der Waals surface area contributed by atoms with Gasteiger partial charge in [-0.2, -0.15) is 11.8 Å². The summed E-state index contributed by atoms with van der Waals surface area (Å²) < 4.78 is 0. The van der Waals surface area contributed by atoms with Crippen molar-refractivity contribution in [3.05, 3.63) is 13.8 Å². The van der Waals surface area contributed by atoms with Gasteiger partial charge in [0.1, 0.15) is 0 Å². The van der Waals surface area contributed by atoms with Gasteiger partial charge in [-0.25, -0.2) is 0 Å². The van der Waals surface area contributed by atoms with Crippen LogP contribution in [0.1, 0.15) is 253 Å². The van der Waals surface area contributed by atoms with Crippen LogP contribution in [0.5, 0.6) is 0 Å². The summed E-state index contributed by atoms with van der Waals surface area (Å²) in [6.07, 6.45) is 10.0. The molecule has 2 aliphatic rings. The van der Waals surface area contributed by atoms with Crippen molar-refractivity contribution in [1.29, 1.82) is 0 Å². The van der Waals surface area contributed by atoms with Crippen LogP contribution in [0.2, 0.25) is 0 Å². The monoisotopic (exact) mass is 756 g/mol. The van der Waals surface area contributed by atoms with E-state index in [0.29, 0.717) is 17.3 Å². The molecule has 47 heavy (non-hydrogen) atoms. The van der Waals surface area contributed by atoms with Crippen molar-refractivity contribution in [3.8, 4) is 0 Å². The Hall–Kier alpha value is 1.10. The van der Waals surface area contributed by atoms with Gasteiger partial charge in [-0.05, 0) is 30.1 Å². The molecule has 1 unspecified atom stereocenters. The van der Waals surface area contributed by atoms with E-state index in [0.717, 1.165) is 23.7 Å². The molecule has 0 aromatic rings. The first-order valence-electron chi connectivity index (χ1n) is 21.9. The molecule has 0 saturated heterocycles. The molecule has 2 aliphatic carbocycles. The topological polar surface area (TPSA) is 0 Å². The Kier molecular flexibility index (Phi) is 179. The Morgan fingerprint density at radius 2 is 0.553 bits per heavy atom. The van der Waals surface area contributed by atoms with E-state index in [9.17, 15) is 0 Å². The van der Waals surface area contributed by atoms with Gasteiger partial charge < -0.3 is 13.8 Å². The fraction of sp³-hybridized carbons (Fsp3) is 0.957. The van der Waals surface area contributed by atoms with Crippen molar-refractivity contribution in [2.75, 3.05) is 0 Å². The minimum Gasteiger partial charge on any atom is -0.340 e. The molecule has 7 atom stereocenters. The summed E-state index contributed by atoms with van der Waals surface area (Å²) in [5.74, 6) is 4.62. The minimum atomic E-state index is 0. The summed E-state index contributed by atoms with van der Waals surface area (Å²) in [7, 11) is 0. The maximum absolute atomic E-state index is 4.32. The van der Waals surface area contributed by atoms with Gasteiger partial charge in [-0.15, -0.1) is 0 Å². The molecule has 0 aliphatic heterocycles. The Balaban J connectivity index is -0.0000000277. The molecule has 1 heteroatoms. The smallest absolute Gasteiger partial charge is 0 e. The van der Waals surface area contributed by atoms with Crippen molar-refractivity contribution in [3.63, 3.8) is 0 Å². The largest absolute Gasteiger partial charge is 0.340 e. The van der Waals surface area contributed by atoms with E-state index < -0.39 is 0 Å². The Bertz CT molecular complexity index is 280. The van der Waals surface area contributed by atoms with Gasteiger partial charge in [0.25, 0.3) is 0 Å². The Labute approximate surface area is 338 Å². The zero-order valence-electron chi connectivity index (χ0n) is 40.9. The van der Waals surface area contributed by atoms with Gasteiger partial charge in [0.2, 0.25) is 0 Å².